The number of benzene rings is 2. The lowest BCUT2D eigenvalue weighted by molar-refractivity contribution is -0.384. The molecular weight excluding hydrogens is 414 g/mol. The van der Waals surface area contributed by atoms with Crippen molar-refractivity contribution in [1.29, 1.82) is 0 Å². The molecule has 0 amide bonds. The first-order valence-electron chi connectivity index (χ1n) is 9.77. The lowest BCUT2D eigenvalue weighted by atomic mass is 9.82. The van der Waals surface area contributed by atoms with Crippen LogP contribution in [0.4, 0.5) is 5.69 Å². The van der Waals surface area contributed by atoms with E-state index < -0.39 is 4.92 Å². The first kappa shape index (κ1) is 19.4. The average molecular weight is 431 g/mol. The van der Waals surface area contributed by atoms with Gasteiger partial charge in [0.15, 0.2) is 5.78 Å². The second-order valence-electron chi connectivity index (χ2n) is 7.38. The summed E-state index contributed by atoms with van der Waals surface area (Å²) in [5.41, 5.74) is 3.58. The van der Waals surface area contributed by atoms with Gasteiger partial charge in [-0.1, -0.05) is 54.2 Å². The number of thioether (sulfide) groups is 1. The van der Waals surface area contributed by atoms with Crippen molar-refractivity contribution in [1.82, 2.24) is 19.6 Å². The summed E-state index contributed by atoms with van der Waals surface area (Å²) in [5, 5.41) is 15.9. The van der Waals surface area contributed by atoms with Crippen molar-refractivity contribution < 1.29 is 9.72 Å². The number of aromatic nitrogens is 4. The molecule has 8 nitrogen and oxygen atoms in total. The summed E-state index contributed by atoms with van der Waals surface area (Å²) in [6.45, 7) is 0. The Morgan fingerprint density at radius 1 is 1.10 bits per heavy atom. The van der Waals surface area contributed by atoms with E-state index in [4.69, 9.17) is 0 Å². The number of nitrogens with zero attached hydrogens (tertiary/aromatic N) is 5. The van der Waals surface area contributed by atoms with Crippen LogP contribution in [0.25, 0.3) is 5.78 Å². The minimum Gasteiger partial charge on any atom is -0.294 e. The highest BCUT2D eigenvalue weighted by molar-refractivity contribution is 7.98. The standard InChI is InChI=1S/C22H17N5O3S/c28-20-11-16(15-4-2-1-3-5-15)10-19-18(20)12-23-21-24-22(25-26(19)21)31-13-14-6-8-17(9-7-14)27(29)30/h1-9,12,16H,10-11,13H2. The Labute approximate surface area is 181 Å². The maximum atomic E-state index is 12.8. The van der Waals surface area contributed by atoms with E-state index in [-0.39, 0.29) is 17.4 Å². The highest BCUT2D eigenvalue weighted by atomic mass is 32.2. The predicted molar refractivity (Wildman–Crippen MR) is 115 cm³/mol. The van der Waals surface area contributed by atoms with Crippen molar-refractivity contribution >= 4 is 29.0 Å². The zero-order valence-electron chi connectivity index (χ0n) is 16.3. The Bertz CT molecular complexity index is 1290. The Morgan fingerprint density at radius 3 is 2.61 bits per heavy atom. The molecule has 2 aromatic carbocycles. The number of carbonyl (C=O) groups excluding carboxylic acids is 1. The lowest BCUT2D eigenvalue weighted by Crippen LogP contribution is -2.22. The van der Waals surface area contributed by atoms with Crippen molar-refractivity contribution in [3.05, 3.63) is 93.3 Å². The molecule has 0 aliphatic heterocycles. The number of hydrogen-bond donors (Lipinski definition) is 0. The largest absolute Gasteiger partial charge is 0.294 e. The number of ketones is 1. The van der Waals surface area contributed by atoms with Crippen LogP contribution in [0.3, 0.4) is 0 Å². The van der Waals surface area contributed by atoms with Gasteiger partial charge in [-0.3, -0.25) is 14.9 Å². The van der Waals surface area contributed by atoms with E-state index >= 15 is 0 Å². The third-order valence-corrected chi connectivity index (χ3v) is 6.31. The lowest BCUT2D eigenvalue weighted by Gasteiger charge is -2.23. The molecule has 154 valence electrons. The summed E-state index contributed by atoms with van der Waals surface area (Å²) in [6.07, 6.45) is 2.76. The van der Waals surface area contributed by atoms with E-state index in [0.717, 1.165) is 16.8 Å². The summed E-state index contributed by atoms with van der Waals surface area (Å²) in [6, 6.07) is 16.5. The summed E-state index contributed by atoms with van der Waals surface area (Å²) >= 11 is 1.42. The number of non-ortho nitro benzene ring substituents is 1. The quantitative estimate of drug-likeness (QED) is 0.264. The van der Waals surface area contributed by atoms with Gasteiger partial charge in [-0.2, -0.15) is 9.50 Å². The third kappa shape index (κ3) is 3.79. The first-order valence-corrected chi connectivity index (χ1v) is 10.8. The van der Waals surface area contributed by atoms with E-state index in [0.29, 0.717) is 35.1 Å². The number of Topliss-reactive ketones (excluding diaryl/α,β-unsaturated/α-hetero) is 1. The number of rotatable bonds is 5. The van der Waals surface area contributed by atoms with Gasteiger partial charge >= 0.3 is 0 Å². The molecule has 1 unspecified atom stereocenters. The van der Waals surface area contributed by atoms with Crippen LogP contribution in [0.5, 0.6) is 0 Å². The van der Waals surface area contributed by atoms with Gasteiger partial charge in [0, 0.05) is 30.5 Å². The van der Waals surface area contributed by atoms with Crippen molar-refractivity contribution in [3.63, 3.8) is 0 Å². The van der Waals surface area contributed by atoms with Crippen LogP contribution < -0.4 is 0 Å². The minimum atomic E-state index is -0.417. The van der Waals surface area contributed by atoms with Crippen LogP contribution in [-0.4, -0.2) is 30.3 Å². The van der Waals surface area contributed by atoms with Crippen LogP contribution in [0.15, 0.2) is 66.0 Å². The monoisotopic (exact) mass is 431 g/mol. The van der Waals surface area contributed by atoms with Gasteiger partial charge in [0.25, 0.3) is 11.5 Å². The van der Waals surface area contributed by atoms with Gasteiger partial charge in [0.05, 0.1) is 16.2 Å². The molecule has 0 radical (unpaired) electrons. The van der Waals surface area contributed by atoms with Gasteiger partial charge in [0.2, 0.25) is 5.16 Å². The molecule has 1 atom stereocenters. The zero-order valence-corrected chi connectivity index (χ0v) is 17.2. The predicted octanol–water partition coefficient (Wildman–Crippen LogP) is 4.24. The van der Waals surface area contributed by atoms with Crippen LogP contribution in [0, 0.1) is 10.1 Å². The fourth-order valence-electron chi connectivity index (χ4n) is 3.81. The second-order valence-corrected chi connectivity index (χ2v) is 8.32. The molecule has 9 heteroatoms. The van der Waals surface area contributed by atoms with E-state index in [1.807, 2.05) is 30.3 Å². The van der Waals surface area contributed by atoms with E-state index in [1.165, 1.54) is 23.9 Å². The van der Waals surface area contributed by atoms with Crippen molar-refractivity contribution in [3.8, 4) is 0 Å². The second kappa shape index (κ2) is 7.92. The molecular formula is C22H17N5O3S. The molecule has 0 bridgehead atoms. The van der Waals surface area contributed by atoms with Crippen LogP contribution in [-0.2, 0) is 12.2 Å². The average Bonchev–Trinajstić information content (AvgIpc) is 3.22. The Morgan fingerprint density at radius 2 is 1.87 bits per heavy atom. The Kier molecular flexibility index (Phi) is 4.95. The van der Waals surface area contributed by atoms with Crippen molar-refractivity contribution in [2.75, 3.05) is 0 Å². The minimum absolute atomic E-state index is 0.0630. The molecule has 1 aliphatic carbocycles. The van der Waals surface area contributed by atoms with E-state index in [9.17, 15) is 14.9 Å². The number of carbonyl (C=O) groups is 1. The SMILES string of the molecule is O=C1CC(c2ccccc2)Cc2c1cnc1nc(SCc3ccc([N+](=O)[O-])cc3)nn21. The smallest absolute Gasteiger partial charge is 0.269 e. The Balaban J connectivity index is 1.40. The molecule has 0 saturated heterocycles. The highest BCUT2D eigenvalue weighted by Gasteiger charge is 2.29. The van der Waals surface area contributed by atoms with Gasteiger partial charge in [0.1, 0.15) is 0 Å². The topological polar surface area (TPSA) is 103 Å². The molecule has 31 heavy (non-hydrogen) atoms. The van der Waals surface area contributed by atoms with Gasteiger partial charge in [-0.15, -0.1) is 5.10 Å². The molecule has 0 fully saturated rings. The van der Waals surface area contributed by atoms with E-state index in [2.05, 4.69) is 15.1 Å². The number of fused-ring (bicyclic) bond motifs is 3. The maximum absolute atomic E-state index is 12.8. The summed E-state index contributed by atoms with van der Waals surface area (Å²) in [5.74, 6) is 1.21. The van der Waals surface area contributed by atoms with Crippen LogP contribution >= 0.6 is 11.8 Å². The first-order chi connectivity index (χ1) is 15.1. The molecule has 0 saturated carbocycles. The molecule has 1 aliphatic rings. The fourth-order valence-corrected chi connectivity index (χ4v) is 4.59. The Hall–Kier alpha value is -3.59. The molecule has 5 rings (SSSR count). The highest BCUT2D eigenvalue weighted by Crippen LogP contribution is 2.33. The van der Waals surface area contributed by atoms with E-state index in [1.54, 1.807) is 22.8 Å². The van der Waals surface area contributed by atoms with Crippen LogP contribution in [0.1, 0.15) is 39.5 Å². The number of nitro benzene ring substituents is 1. The fraction of sp³-hybridized carbons (Fsp3) is 0.182. The van der Waals surface area contributed by atoms with Gasteiger partial charge < -0.3 is 0 Å². The molecule has 4 aromatic rings. The normalized spacial score (nSPS) is 15.7. The summed E-state index contributed by atoms with van der Waals surface area (Å²) < 4.78 is 1.68. The number of nitro groups is 1. The van der Waals surface area contributed by atoms with Gasteiger partial charge in [-0.05, 0) is 23.5 Å². The maximum Gasteiger partial charge on any atom is 0.269 e. The third-order valence-electron chi connectivity index (χ3n) is 5.40. The molecule has 0 N–H and O–H groups in total. The van der Waals surface area contributed by atoms with Crippen LogP contribution in [0.2, 0.25) is 0 Å². The van der Waals surface area contributed by atoms with Crippen molar-refractivity contribution in [2.24, 2.45) is 0 Å². The molecule has 2 heterocycles. The van der Waals surface area contributed by atoms with Gasteiger partial charge in [-0.25, -0.2) is 4.98 Å². The summed E-state index contributed by atoms with van der Waals surface area (Å²) in [4.78, 5) is 31.9. The summed E-state index contributed by atoms with van der Waals surface area (Å²) in [7, 11) is 0. The zero-order chi connectivity index (χ0) is 21.4. The number of hydrogen-bond acceptors (Lipinski definition) is 7. The molecule has 0 spiro atoms. The van der Waals surface area contributed by atoms with Crippen molar-refractivity contribution in [2.45, 2.75) is 29.7 Å². The molecule has 2 aromatic heterocycles.